The molecule has 0 bridgehead atoms. The highest BCUT2D eigenvalue weighted by Gasteiger charge is 2.36. The molecule has 1 aliphatic rings. The Labute approximate surface area is 147 Å². The van der Waals surface area contributed by atoms with E-state index in [9.17, 15) is 18.0 Å². The summed E-state index contributed by atoms with van der Waals surface area (Å²) < 4.78 is 44.6. The van der Waals surface area contributed by atoms with E-state index >= 15 is 0 Å². The van der Waals surface area contributed by atoms with Crippen molar-refractivity contribution >= 4 is 6.03 Å². The van der Waals surface area contributed by atoms with Crippen LogP contribution < -0.4 is 5.32 Å². The number of carbonyl (C=O) groups excluding carboxylic acids is 1. The normalized spacial score (nSPS) is 17.0. The first-order valence-electron chi connectivity index (χ1n) is 8.13. The van der Waals surface area contributed by atoms with E-state index in [1.165, 1.54) is 9.47 Å². The maximum absolute atomic E-state index is 12.8. The van der Waals surface area contributed by atoms with E-state index in [1.807, 2.05) is 0 Å². The molecule has 11 heteroatoms. The fraction of sp³-hybridized carbons (Fsp3) is 0.600. The van der Waals surface area contributed by atoms with Crippen molar-refractivity contribution in [3.8, 4) is 0 Å². The predicted molar refractivity (Wildman–Crippen MR) is 82.9 cm³/mol. The first-order valence-corrected chi connectivity index (χ1v) is 8.13. The summed E-state index contributed by atoms with van der Waals surface area (Å²) in [5, 5.41) is 6.37. The number of rotatable bonds is 4. The summed E-state index contributed by atoms with van der Waals surface area (Å²) in [7, 11) is 1.64. The second-order valence-corrected chi connectivity index (χ2v) is 6.37. The van der Waals surface area contributed by atoms with Gasteiger partial charge in [-0.25, -0.2) is 9.78 Å². The van der Waals surface area contributed by atoms with Gasteiger partial charge in [0.1, 0.15) is 5.82 Å². The van der Waals surface area contributed by atoms with Crippen molar-refractivity contribution in [3.05, 3.63) is 29.4 Å². The number of urea groups is 1. The van der Waals surface area contributed by atoms with E-state index in [2.05, 4.69) is 20.4 Å². The highest BCUT2D eigenvalue weighted by molar-refractivity contribution is 5.73. The summed E-state index contributed by atoms with van der Waals surface area (Å²) in [6.45, 7) is 2.63. The zero-order valence-corrected chi connectivity index (χ0v) is 14.4. The first kappa shape index (κ1) is 18.2. The lowest BCUT2D eigenvalue weighted by Gasteiger charge is -2.28. The molecule has 0 radical (unpaired) electrons. The molecule has 1 N–H and O–H groups in total. The maximum Gasteiger partial charge on any atom is 0.434 e. The van der Waals surface area contributed by atoms with Crippen LogP contribution in [0.5, 0.6) is 0 Å². The van der Waals surface area contributed by atoms with Gasteiger partial charge in [-0.05, 0) is 12.3 Å². The van der Waals surface area contributed by atoms with Crippen molar-refractivity contribution < 1.29 is 22.5 Å². The molecular formula is C15H19F3N6O2. The van der Waals surface area contributed by atoms with Crippen LogP contribution in [0.1, 0.15) is 29.7 Å². The fourth-order valence-corrected chi connectivity index (χ4v) is 2.97. The minimum atomic E-state index is -4.44. The molecule has 142 valence electrons. The van der Waals surface area contributed by atoms with Gasteiger partial charge < -0.3 is 19.3 Å². The number of aromatic nitrogens is 4. The summed E-state index contributed by atoms with van der Waals surface area (Å²) in [5.74, 6) is 1.29. The second-order valence-electron chi connectivity index (χ2n) is 6.37. The molecule has 26 heavy (non-hydrogen) atoms. The molecule has 0 aliphatic carbocycles. The Bertz CT molecular complexity index is 785. The van der Waals surface area contributed by atoms with Crippen LogP contribution in [0.3, 0.4) is 0 Å². The average Bonchev–Trinajstić information content (AvgIpc) is 3.17. The molecule has 3 rings (SSSR count). The number of imidazole rings is 1. The van der Waals surface area contributed by atoms with Crippen LogP contribution in [0.2, 0.25) is 0 Å². The van der Waals surface area contributed by atoms with Gasteiger partial charge in [-0.15, -0.1) is 0 Å². The van der Waals surface area contributed by atoms with Gasteiger partial charge in [0.15, 0.2) is 11.5 Å². The summed E-state index contributed by atoms with van der Waals surface area (Å²) in [5.41, 5.74) is -0.866. The van der Waals surface area contributed by atoms with Crippen molar-refractivity contribution in [2.24, 2.45) is 5.92 Å². The van der Waals surface area contributed by atoms with Gasteiger partial charge in [-0.1, -0.05) is 5.16 Å². The maximum atomic E-state index is 12.8. The van der Waals surface area contributed by atoms with Crippen LogP contribution in [0.15, 0.2) is 10.7 Å². The van der Waals surface area contributed by atoms with Gasteiger partial charge in [0.25, 0.3) is 0 Å². The Morgan fingerprint density at radius 1 is 1.46 bits per heavy atom. The Morgan fingerprint density at radius 2 is 2.23 bits per heavy atom. The Hall–Kier alpha value is -2.59. The zero-order valence-electron chi connectivity index (χ0n) is 14.4. The highest BCUT2D eigenvalue weighted by Crippen LogP contribution is 2.30. The van der Waals surface area contributed by atoms with Crippen LogP contribution in [0.25, 0.3) is 0 Å². The molecule has 8 nitrogen and oxygen atoms in total. The molecular weight excluding hydrogens is 353 g/mol. The molecule has 1 aliphatic heterocycles. The number of hydrogen-bond acceptors (Lipinski definition) is 5. The topological polar surface area (TPSA) is 89.1 Å². The molecule has 0 aromatic carbocycles. The molecule has 0 unspecified atom stereocenters. The lowest BCUT2D eigenvalue weighted by Crippen LogP contribution is -2.41. The van der Waals surface area contributed by atoms with E-state index in [0.717, 1.165) is 6.20 Å². The number of nitrogens with one attached hydrogen (secondary N) is 1. The lowest BCUT2D eigenvalue weighted by atomic mass is 9.99. The SMILES string of the molecule is Cc1nc(CNC(=O)N(C)C[C@@H]2CCc3nc(C(F)(F)F)cn3C2)no1. The number of hydrogen-bond donors (Lipinski definition) is 1. The van der Waals surface area contributed by atoms with E-state index in [1.54, 1.807) is 14.0 Å². The van der Waals surface area contributed by atoms with Crippen molar-refractivity contribution in [2.75, 3.05) is 13.6 Å². The quantitative estimate of drug-likeness (QED) is 0.887. The third-order valence-corrected chi connectivity index (χ3v) is 4.23. The Balaban J connectivity index is 1.52. The highest BCUT2D eigenvalue weighted by atomic mass is 19.4. The zero-order chi connectivity index (χ0) is 18.9. The first-order chi connectivity index (χ1) is 12.2. The monoisotopic (exact) mass is 372 g/mol. The number of amides is 2. The van der Waals surface area contributed by atoms with E-state index in [0.29, 0.717) is 43.5 Å². The largest absolute Gasteiger partial charge is 0.434 e. The standard InChI is InChI=1S/C15H19F3N6O2/c1-9-20-12(22-26-9)5-19-14(25)23(2)6-10-3-4-13-21-11(15(16,17)18)8-24(13)7-10/h8,10H,3-7H2,1-2H3,(H,19,25)/t10-/m0/s1. The molecule has 3 heterocycles. The van der Waals surface area contributed by atoms with Crippen LogP contribution in [-0.2, 0) is 25.7 Å². The molecule has 2 aromatic rings. The molecule has 1 atom stereocenters. The summed E-state index contributed by atoms with van der Waals surface area (Å²) in [6, 6.07) is -0.306. The molecule has 0 fully saturated rings. The molecule has 2 aromatic heterocycles. The molecule has 2 amide bonds. The molecule has 0 spiro atoms. The summed E-state index contributed by atoms with van der Waals surface area (Å²) >= 11 is 0. The van der Waals surface area contributed by atoms with E-state index < -0.39 is 11.9 Å². The number of carbonyl (C=O) groups is 1. The van der Waals surface area contributed by atoms with Gasteiger partial charge in [0, 0.05) is 39.7 Å². The van der Waals surface area contributed by atoms with Gasteiger partial charge in [-0.3, -0.25) is 0 Å². The number of alkyl halides is 3. The van der Waals surface area contributed by atoms with Crippen LogP contribution >= 0.6 is 0 Å². The van der Waals surface area contributed by atoms with Gasteiger partial charge in [0.2, 0.25) is 5.89 Å². The minimum Gasteiger partial charge on any atom is -0.340 e. The number of fused-ring (bicyclic) bond motifs is 1. The number of aryl methyl sites for hydroxylation is 2. The van der Waals surface area contributed by atoms with Crippen LogP contribution in [0.4, 0.5) is 18.0 Å². The Kier molecular flexibility index (Phi) is 4.88. The van der Waals surface area contributed by atoms with Crippen LogP contribution in [0, 0.1) is 12.8 Å². The predicted octanol–water partition coefficient (Wildman–Crippen LogP) is 2.00. The van der Waals surface area contributed by atoms with Crippen molar-refractivity contribution in [3.63, 3.8) is 0 Å². The van der Waals surface area contributed by atoms with Crippen molar-refractivity contribution in [2.45, 2.75) is 39.0 Å². The second kappa shape index (κ2) is 6.96. The van der Waals surface area contributed by atoms with Crippen LogP contribution in [-0.4, -0.2) is 44.2 Å². The summed E-state index contributed by atoms with van der Waals surface area (Å²) in [4.78, 5) is 21.3. The third-order valence-electron chi connectivity index (χ3n) is 4.23. The van der Waals surface area contributed by atoms with Crippen molar-refractivity contribution in [1.82, 2.24) is 29.9 Å². The number of halogens is 3. The smallest absolute Gasteiger partial charge is 0.340 e. The average molecular weight is 372 g/mol. The third kappa shape index (κ3) is 4.14. The number of nitrogens with zero attached hydrogens (tertiary/aromatic N) is 5. The lowest BCUT2D eigenvalue weighted by molar-refractivity contribution is -0.141. The minimum absolute atomic E-state index is 0.0564. The van der Waals surface area contributed by atoms with Gasteiger partial charge in [0.05, 0.1) is 6.54 Å². The molecule has 0 saturated carbocycles. The summed E-state index contributed by atoms with van der Waals surface area (Å²) in [6.07, 6.45) is -2.27. The van der Waals surface area contributed by atoms with Gasteiger partial charge >= 0.3 is 12.2 Å². The van der Waals surface area contributed by atoms with E-state index in [4.69, 9.17) is 4.52 Å². The van der Waals surface area contributed by atoms with E-state index in [-0.39, 0.29) is 18.5 Å². The van der Waals surface area contributed by atoms with Gasteiger partial charge in [-0.2, -0.15) is 18.2 Å². The van der Waals surface area contributed by atoms with Crippen molar-refractivity contribution in [1.29, 1.82) is 0 Å². The fourth-order valence-electron chi connectivity index (χ4n) is 2.97. The Morgan fingerprint density at radius 3 is 2.88 bits per heavy atom. The molecule has 0 saturated heterocycles.